The van der Waals surface area contributed by atoms with Crippen molar-refractivity contribution in [3.05, 3.63) is 35.4 Å². The zero-order valence-electron chi connectivity index (χ0n) is 9.94. The second-order valence-electron chi connectivity index (χ2n) is 4.15. The lowest BCUT2D eigenvalue weighted by molar-refractivity contribution is -0.140. The van der Waals surface area contributed by atoms with E-state index in [4.69, 9.17) is 0 Å². The third-order valence-corrected chi connectivity index (χ3v) is 3.04. The average Bonchev–Trinajstić information content (AvgIpc) is 2.71. The van der Waals surface area contributed by atoms with Crippen LogP contribution in [0.15, 0.2) is 24.3 Å². The van der Waals surface area contributed by atoms with Gasteiger partial charge in [0.15, 0.2) is 0 Å². The molecule has 1 aromatic rings. The fourth-order valence-electron chi connectivity index (χ4n) is 2.18. The number of hydrogen-bond acceptors (Lipinski definition) is 3. The molecule has 0 radical (unpaired) electrons. The van der Waals surface area contributed by atoms with Crippen LogP contribution in [0.3, 0.4) is 0 Å². The lowest BCUT2D eigenvalue weighted by atomic mass is 10.1. The van der Waals surface area contributed by atoms with E-state index in [1.54, 1.807) is 0 Å². The Balaban J connectivity index is 0.00000144. The first kappa shape index (κ1) is 14.0. The Kier molecular flexibility index (Phi) is 5.45. The van der Waals surface area contributed by atoms with Gasteiger partial charge in [-0.2, -0.15) is 0 Å². The van der Waals surface area contributed by atoms with Gasteiger partial charge >= 0.3 is 5.97 Å². The number of methoxy groups -OCH3 is 1. The summed E-state index contributed by atoms with van der Waals surface area (Å²) in [4.78, 5) is 10.9. The quantitative estimate of drug-likeness (QED) is 0.833. The van der Waals surface area contributed by atoms with Crippen molar-refractivity contribution in [2.24, 2.45) is 0 Å². The van der Waals surface area contributed by atoms with Crippen molar-refractivity contribution in [3.63, 3.8) is 0 Å². The molecular formula is C13H18ClNO2. The van der Waals surface area contributed by atoms with Crippen LogP contribution in [-0.4, -0.2) is 25.7 Å². The molecule has 1 N–H and O–H groups in total. The maximum absolute atomic E-state index is 10.9. The smallest absolute Gasteiger partial charge is 0.306 e. The van der Waals surface area contributed by atoms with Crippen LogP contribution < -0.4 is 5.32 Å². The first-order valence-electron chi connectivity index (χ1n) is 5.66. The second-order valence-corrected chi connectivity index (χ2v) is 4.15. The fraction of sp³-hybridized carbons (Fsp3) is 0.462. The summed E-state index contributed by atoms with van der Waals surface area (Å²) in [7, 11) is 1.42. The third-order valence-electron chi connectivity index (χ3n) is 3.04. The Labute approximate surface area is 108 Å². The number of esters is 1. The molecule has 4 heteroatoms. The topological polar surface area (TPSA) is 38.3 Å². The van der Waals surface area contributed by atoms with E-state index in [-0.39, 0.29) is 18.4 Å². The molecule has 0 fully saturated rings. The number of rotatable bonds is 4. The molecule has 0 aliphatic heterocycles. The fourth-order valence-corrected chi connectivity index (χ4v) is 2.18. The van der Waals surface area contributed by atoms with Crippen LogP contribution in [0, 0.1) is 0 Å². The van der Waals surface area contributed by atoms with Gasteiger partial charge in [0.2, 0.25) is 0 Å². The molecule has 0 saturated heterocycles. The maximum atomic E-state index is 10.9. The Bertz CT molecular complexity index is 356. The van der Waals surface area contributed by atoms with Gasteiger partial charge < -0.3 is 10.1 Å². The summed E-state index contributed by atoms with van der Waals surface area (Å²) in [5.74, 6) is -0.150. The van der Waals surface area contributed by atoms with E-state index >= 15 is 0 Å². The SMILES string of the molecule is COC(=O)CCNC1Cc2ccccc2C1.Cl. The van der Waals surface area contributed by atoms with E-state index in [9.17, 15) is 4.79 Å². The molecule has 3 nitrogen and oxygen atoms in total. The Morgan fingerprint density at radius 1 is 1.35 bits per heavy atom. The maximum Gasteiger partial charge on any atom is 0.306 e. The van der Waals surface area contributed by atoms with Crippen LogP contribution in [0.1, 0.15) is 17.5 Å². The number of fused-ring (bicyclic) bond motifs is 1. The molecular weight excluding hydrogens is 238 g/mol. The Morgan fingerprint density at radius 3 is 2.47 bits per heavy atom. The normalized spacial score (nSPS) is 13.9. The van der Waals surface area contributed by atoms with Gasteiger partial charge in [-0.05, 0) is 24.0 Å². The predicted octanol–water partition coefficient (Wildman–Crippen LogP) is 1.73. The third kappa shape index (κ3) is 3.72. The van der Waals surface area contributed by atoms with Crippen LogP contribution in [0.5, 0.6) is 0 Å². The summed E-state index contributed by atoms with van der Waals surface area (Å²) in [6.07, 6.45) is 2.58. The summed E-state index contributed by atoms with van der Waals surface area (Å²) in [6.45, 7) is 0.700. The van der Waals surface area contributed by atoms with Gasteiger partial charge in [0.1, 0.15) is 0 Å². The van der Waals surface area contributed by atoms with Gasteiger partial charge in [0.05, 0.1) is 13.5 Å². The van der Waals surface area contributed by atoms with Crippen LogP contribution >= 0.6 is 12.4 Å². The summed E-state index contributed by atoms with van der Waals surface area (Å²) >= 11 is 0. The highest BCUT2D eigenvalue weighted by atomic mass is 35.5. The van der Waals surface area contributed by atoms with Crippen molar-refractivity contribution in [3.8, 4) is 0 Å². The molecule has 0 spiro atoms. The monoisotopic (exact) mass is 255 g/mol. The molecule has 94 valence electrons. The molecule has 0 heterocycles. The highest BCUT2D eigenvalue weighted by Gasteiger charge is 2.20. The zero-order valence-corrected chi connectivity index (χ0v) is 10.8. The van der Waals surface area contributed by atoms with Crippen molar-refractivity contribution in [2.45, 2.75) is 25.3 Å². The molecule has 17 heavy (non-hydrogen) atoms. The Hall–Kier alpha value is -1.06. The van der Waals surface area contributed by atoms with Gasteiger partial charge in [-0.25, -0.2) is 0 Å². The van der Waals surface area contributed by atoms with E-state index in [0.717, 1.165) is 12.8 Å². The molecule has 2 rings (SSSR count). The van der Waals surface area contributed by atoms with E-state index < -0.39 is 0 Å². The molecule has 0 atom stereocenters. The molecule has 0 unspecified atom stereocenters. The highest BCUT2D eigenvalue weighted by Crippen LogP contribution is 2.21. The zero-order chi connectivity index (χ0) is 11.4. The van der Waals surface area contributed by atoms with Gasteiger partial charge in [-0.15, -0.1) is 12.4 Å². The summed E-state index contributed by atoms with van der Waals surface area (Å²) < 4.78 is 4.60. The summed E-state index contributed by atoms with van der Waals surface area (Å²) in [5.41, 5.74) is 2.86. The minimum Gasteiger partial charge on any atom is -0.469 e. The number of benzene rings is 1. The molecule has 1 aliphatic carbocycles. The van der Waals surface area contributed by atoms with Gasteiger partial charge in [0, 0.05) is 12.6 Å². The number of carbonyl (C=O) groups is 1. The van der Waals surface area contributed by atoms with Crippen molar-refractivity contribution in [2.75, 3.05) is 13.7 Å². The number of carbonyl (C=O) groups excluding carboxylic acids is 1. The van der Waals surface area contributed by atoms with Crippen LogP contribution in [0.4, 0.5) is 0 Å². The van der Waals surface area contributed by atoms with Crippen LogP contribution in [0.25, 0.3) is 0 Å². The molecule has 0 amide bonds. The standard InChI is InChI=1S/C13H17NO2.ClH/c1-16-13(15)6-7-14-12-8-10-4-2-3-5-11(10)9-12;/h2-5,12,14H,6-9H2,1H3;1H. The summed E-state index contributed by atoms with van der Waals surface area (Å²) in [6, 6.07) is 8.99. The van der Waals surface area contributed by atoms with Crippen molar-refractivity contribution in [1.82, 2.24) is 5.32 Å². The summed E-state index contributed by atoms with van der Waals surface area (Å²) in [5, 5.41) is 3.39. The van der Waals surface area contributed by atoms with Crippen molar-refractivity contribution >= 4 is 18.4 Å². The second kappa shape index (κ2) is 6.62. The lowest BCUT2D eigenvalue weighted by Crippen LogP contribution is -2.31. The number of nitrogens with one attached hydrogen (secondary N) is 1. The predicted molar refractivity (Wildman–Crippen MR) is 69.5 cm³/mol. The first-order chi connectivity index (χ1) is 7.79. The molecule has 1 aliphatic rings. The van der Waals surface area contributed by atoms with Gasteiger partial charge in [0.25, 0.3) is 0 Å². The molecule has 1 aromatic carbocycles. The molecule has 0 aromatic heterocycles. The minimum absolute atomic E-state index is 0. The largest absolute Gasteiger partial charge is 0.469 e. The lowest BCUT2D eigenvalue weighted by Gasteiger charge is -2.10. The van der Waals surface area contributed by atoms with Crippen LogP contribution in [-0.2, 0) is 22.4 Å². The van der Waals surface area contributed by atoms with Crippen molar-refractivity contribution < 1.29 is 9.53 Å². The average molecular weight is 256 g/mol. The molecule has 0 saturated carbocycles. The van der Waals surface area contributed by atoms with E-state index in [1.165, 1.54) is 18.2 Å². The van der Waals surface area contributed by atoms with Crippen molar-refractivity contribution in [1.29, 1.82) is 0 Å². The van der Waals surface area contributed by atoms with Crippen LogP contribution in [0.2, 0.25) is 0 Å². The van der Waals surface area contributed by atoms with Gasteiger partial charge in [-0.3, -0.25) is 4.79 Å². The van der Waals surface area contributed by atoms with E-state index in [0.29, 0.717) is 19.0 Å². The molecule has 0 bridgehead atoms. The number of halogens is 1. The van der Waals surface area contributed by atoms with E-state index in [1.807, 2.05) is 0 Å². The number of ether oxygens (including phenoxy) is 1. The van der Waals surface area contributed by atoms with E-state index in [2.05, 4.69) is 34.3 Å². The Morgan fingerprint density at radius 2 is 1.94 bits per heavy atom. The van der Waals surface area contributed by atoms with Gasteiger partial charge in [-0.1, -0.05) is 24.3 Å². The minimum atomic E-state index is -0.150. The first-order valence-corrected chi connectivity index (χ1v) is 5.66. The highest BCUT2D eigenvalue weighted by molar-refractivity contribution is 5.85. The number of hydrogen-bond donors (Lipinski definition) is 1.